The number of nitrogens with zero attached hydrogens (tertiary/aromatic N) is 3. The molecule has 18 heavy (non-hydrogen) atoms. The van der Waals surface area contributed by atoms with E-state index >= 15 is 0 Å². The van der Waals surface area contributed by atoms with E-state index in [9.17, 15) is 0 Å². The third-order valence-corrected chi connectivity index (χ3v) is 3.77. The molecule has 0 aliphatic carbocycles. The fourth-order valence-electron chi connectivity index (χ4n) is 2.49. The Morgan fingerprint density at radius 1 is 1.17 bits per heavy atom. The monoisotopic (exact) mass is 311 g/mol. The first-order chi connectivity index (χ1) is 8.78. The summed E-state index contributed by atoms with van der Waals surface area (Å²) in [5.74, 6) is 0. The molecule has 1 aliphatic rings. The molecule has 0 aromatic carbocycles. The number of aromatic nitrogens is 1. The fraction of sp³-hybridized carbons (Fsp3) is 0.643. The molecule has 1 aromatic heterocycles. The second kappa shape index (κ2) is 7.22. The van der Waals surface area contributed by atoms with Crippen LogP contribution in [0.2, 0.25) is 0 Å². The van der Waals surface area contributed by atoms with Gasteiger partial charge in [0.25, 0.3) is 0 Å². The van der Waals surface area contributed by atoms with Crippen LogP contribution in [0.1, 0.15) is 17.5 Å². The summed E-state index contributed by atoms with van der Waals surface area (Å²) in [6.45, 7) is 9.10. The van der Waals surface area contributed by atoms with Gasteiger partial charge in [-0.15, -0.1) is 0 Å². The largest absolute Gasteiger partial charge is 0.301 e. The first-order valence-corrected chi connectivity index (χ1v) is 7.81. The smallest absolute Gasteiger partial charge is 0.0313 e. The summed E-state index contributed by atoms with van der Waals surface area (Å²) < 4.78 is 0. The van der Waals surface area contributed by atoms with Gasteiger partial charge in [0.1, 0.15) is 0 Å². The normalized spacial score (nSPS) is 18.8. The van der Waals surface area contributed by atoms with E-state index in [4.69, 9.17) is 0 Å². The minimum atomic E-state index is 1.04. The second-order valence-electron chi connectivity index (χ2n) is 5.03. The molecule has 2 rings (SSSR count). The lowest BCUT2D eigenvalue weighted by atomic mass is 10.2. The number of rotatable bonds is 4. The summed E-state index contributed by atoms with van der Waals surface area (Å²) in [7, 11) is 0. The number of pyridine rings is 1. The molecule has 0 N–H and O–H groups in total. The van der Waals surface area contributed by atoms with Crippen molar-refractivity contribution in [2.24, 2.45) is 0 Å². The van der Waals surface area contributed by atoms with Gasteiger partial charge < -0.3 is 4.90 Å². The Balaban J connectivity index is 1.87. The van der Waals surface area contributed by atoms with Crippen molar-refractivity contribution in [3.63, 3.8) is 0 Å². The van der Waals surface area contributed by atoms with Gasteiger partial charge in [-0.3, -0.25) is 9.88 Å². The van der Waals surface area contributed by atoms with Crippen LogP contribution in [0.15, 0.2) is 18.5 Å². The first-order valence-electron chi connectivity index (χ1n) is 6.69. The third-order valence-electron chi connectivity index (χ3n) is 3.42. The molecule has 0 saturated carbocycles. The van der Waals surface area contributed by atoms with Crippen LogP contribution in [0, 0.1) is 6.92 Å². The van der Waals surface area contributed by atoms with Crippen molar-refractivity contribution >= 4 is 15.9 Å². The topological polar surface area (TPSA) is 19.4 Å². The Labute approximate surface area is 118 Å². The Hall–Kier alpha value is -0.450. The van der Waals surface area contributed by atoms with E-state index in [1.165, 1.54) is 50.3 Å². The SMILES string of the molecule is Cc1cncc(CN2CCCN(CCBr)CC2)c1. The molecule has 3 nitrogen and oxygen atoms in total. The van der Waals surface area contributed by atoms with Crippen LogP contribution in [0.5, 0.6) is 0 Å². The molecule has 2 heterocycles. The molecule has 4 heteroatoms. The minimum Gasteiger partial charge on any atom is -0.301 e. The Morgan fingerprint density at radius 2 is 1.94 bits per heavy atom. The van der Waals surface area contributed by atoms with E-state index in [2.05, 4.69) is 43.7 Å². The quantitative estimate of drug-likeness (QED) is 0.795. The summed E-state index contributed by atoms with van der Waals surface area (Å²) >= 11 is 3.52. The van der Waals surface area contributed by atoms with Gasteiger partial charge in [0.05, 0.1) is 0 Å². The highest BCUT2D eigenvalue weighted by Gasteiger charge is 2.14. The molecule has 1 aromatic rings. The molecule has 1 fully saturated rings. The highest BCUT2D eigenvalue weighted by Crippen LogP contribution is 2.09. The van der Waals surface area contributed by atoms with Crippen LogP contribution in [-0.2, 0) is 6.54 Å². The fourth-order valence-corrected chi connectivity index (χ4v) is 2.99. The van der Waals surface area contributed by atoms with Crippen molar-refractivity contribution in [3.8, 4) is 0 Å². The zero-order chi connectivity index (χ0) is 12.8. The molecule has 0 radical (unpaired) electrons. The van der Waals surface area contributed by atoms with Crippen LogP contribution in [0.4, 0.5) is 0 Å². The van der Waals surface area contributed by atoms with Gasteiger partial charge in [0, 0.05) is 43.9 Å². The maximum Gasteiger partial charge on any atom is 0.0313 e. The Kier molecular flexibility index (Phi) is 5.60. The lowest BCUT2D eigenvalue weighted by Crippen LogP contribution is -2.31. The number of halogens is 1. The zero-order valence-corrected chi connectivity index (χ0v) is 12.7. The van der Waals surface area contributed by atoms with Gasteiger partial charge in [-0.2, -0.15) is 0 Å². The molecule has 100 valence electrons. The van der Waals surface area contributed by atoms with Gasteiger partial charge >= 0.3 is 0 Å². The second-order valence-corrected chi connectivity index (χ2v) is 5.82. The molecular weight excluding hydrogens is 290 g/mol. The lowest BCUT2D eigenvalue weighted by molar-refractivity contribution is 0.258. The van der Waals surface area contributed by atoms with Crippen LogP contribution < -0.4 is 0 Å². The van der Waals surface area contributed by atoms with E-state index < -0.39 is 0 Å². The van der Waals surface area contributed by atoms with Gasteiger partial charge in [-0.25, -0.2) is 0 Å². The van der Waals surface area contributed by atoms with Gasteiger partial charge in [0.2, 0.25) is 0 Å². The van der Waals surface area contributed by atoms with E-state index in [0.29, 0.717) is 0 Å². The van der Waals surface area contributed by atoms with Crippen LogP contribution in [-0.4, -0.2) is 52.8 Å². The third kappa shape index (κ3) is 4.34. The first kappa shape index (κ1) is 14.0. The number of aryl methyl sites for hydroxylation is 1. The van der Waals surface area contributed by atoms with Gasteiger partial charge in [-0.05, 0) is 37.6 Å². The molecule has 1 aliphatic heterocycles. The average Bonchev–Trinajstić information content (AvgIpc) is 2.56. The summed E-state index contributed by atoms with van der Waals surface area (Å²) in [6.07, 6.45) is 5.18. The Bertz CT molecular complexity index is 370. The van der Waals surface area contributed by atoms with Crippen molar-refractivity contribution < 1.29 is 0 Å². The Morgan fingerprint density at radius 3 is 2.72 bits per heavy atom. The molecule has 0 amide bonds. The van der Waals surface area contributed by atoms with E-state index in [-0.39, 0.29) is 0 Å². The lowest BCUT2D eigenvalue weighted by Gasteiger charge is -2.21. The molecule has 0 spiro atoms. The summed E-state index contributed by atoms with van der Waals surface area (Å²) in [5.41, 5.74) is 2.59. The van der Waals surface area contributed by atoms with Crippen LogP contribution >= 0.6 is 15.9 Å². The van der Waals surface area contributed by atoms with Crippen molar-refractivity contribution in [2.45, 2.75) is 19.9 Å². The predicted molar refractivity (Wildman–Crippen MR) is 79.1 cm³/mol. The average molecular weight is 312 g/mol. The molecule has 1 saturated heterocycles. The van der Waals surface area contributed by atoms with Gasteiger partial charge in [0.15, 0.2) is 0 Å². The van der Waals surface area contributed by atoms with E-state index in [1.807, 2.05) is 12.4 Å². The highest BCUT2D eigenvalue weighted by atomic mass is 79.9. The highest BCUT2D eigenvalue weighted by molar-refractivity contribution is 9.09. The van der Waals surface area contributed by atoms with Gasteiger partial charge in [-0.1, -0.05) is 22.0 Å². The van der Waals surface area contributed by atoms with Crippen LogP contribution in [0.25, 0.3) is 0 Å². The van der Waals surface area contributed by atoms with Crippen molar-refractivity contribution in [1.82, 2.24) is 14.8 Å². The van der Waals surface area contributed by atoms with Crippen molar-refractivity contribution in [1.29, 1.82) is 0 Å². The molecule has 0 bridgehead atoms. The standard InChI is InChI=1S/C14H22BrN3/c1-13-9-14(11-16-10-13)12-18-5-2-4-17(6-3-15)7-8-18/h9-11H,2-8,12H2,1H3. The molecular formula is C14H22BrN3. The number of hydrogen-bond acceptors (Lipinski definition) is 3. The number of hydrogen-bond donors (Lipinski definition) is 0. The molecule has 0 atom stereocenters. The molecule has 0 unspecified atom stereocenters. The maximum atomic E-state index is 4.27. The minimum absolute atomic E-state index is 1.04. The van der Waals surface area contributed by atoms with Crippen molar-refractivity contribution in [2.75, 3.05) is 38.1 Å². The van der Waals surface area contributed by atoms with Crippen molar-refractivity contribution in [3.05, 3.63) is 29.6 Å². The summed E-state index contributed by atoms with van der Waals surface area (Å²) in [5, 5.41) is 1.08. The zero-order valence-electron chi connectivity index (χ0n) is 11.1. The van der Waals surface area contributed by atoms with E-state index in [1.54, 1.807) is 0 Å². The van der Waals surface area contributed by atoms with E-state index in [0.717, 1.165) is 11.9 Å². The maximum absolute atomic E-state index is 4.27. The summed E-state index contributed by atoms with van der Waals surface area (Å²) in [6, 6.07) is 2.24. The number of alkyl halides is 1. The van der Waals surface area contributed by atoms with Crippen LogP contribution in [0.3, 0.4) is 0 Å². The summed E-state index contributed by atoms with van der Waals surface area (Å²) in [4.78, 5) is 9.37. The predicted octanol–water partition coefficient (Wildman–Crippen LogP) is 2.29.